The van der Waals surface area contributed by atoms with E-state index in [0.29, 0.717) is 12.5 Å². The smallest absolute Gasteiger partial charge is 0.331 e. The molecular formula is C13H21N3O4. The molecule has 1 saturated heterocycles. The summed E-state index contributed by atoms with van der Waals surface area (Å²) in [4.78, 5) is 36.1. The number of amides is 3. The number of carbonyl (C=O) groups is 3. The van der Waals surface area contributed by atoms with Crippen molar-refractivity contribution in [2.24, 2.45) is 5.92 Å². The van der Waals surface area contributed by atoms with Crippen molar-refractivity contribution in [2.45, 2.75) is 20.3 Å². The summed E-state index contributed by atoms with van der Waals surface area (Å²) in [5, 5.41) is 13.5. The maximum Gasteiger partial charge on any atom is 0.331 e. The van der Waals surface area contributed by atoms with Crippen molar-refractivity contribution < 1.29 is 19.5 Å². The van der Waals surface area contributed by atoms with E-state index in [1.54, 1.807) is 0 Å². The van der Waals surface area contributed by atoms with Gasteiger partial charge in [0.05, 0.1) is 0 Å². The van der Waals surface area contributed by atoms with E-state index >= 15 is 0 Å². The molecule has 0 aromatic heterocycles. The summed E-state index contributed by atoms with van der Waals surface area (Å²) in [5.41, 5.74) is -0.0547. The molecule has 3 amide bonds. The molecule has 0 bridgehead atoms. The first kappa shape index (κ1) is 16.2. The quantitative estimate of drug-likeness (QED) is 0.639. The Bertz CT molecular complexity index is 445. The number of rotatable bonds is 4. The predicted octanol–water partition coefficient (Wildman–Crippen LogP) is 0.185. The van der Waals surface area contributed by atoms with Crippen LogP contribution in [0, 0.1) is 5.92 Å². The molecule has 3 N–H and O–H groups in total. The minimum absolute atomic E-state index is 0.0215. The molecular weight excluding hydrogens is 262 g/mol. The Morgan fingerprint density at radius 1 is 1.25 bits per heavy atom. The maximum atomic E-state index is 11.6. The average Bonchev–Trinajstić information content (AvgIpc) is 2.80. The molecule has 0 aromatic rings. The minimum atomic E-state index is -1.17. The van der Waals surface area contributed by atoms with Crippen molar-refractivity contribution >= 4 is 17.9 Å². The molecule has 7 heteroatoms. The third-order valence-corrected chi connectivity index (χ3v) is 3.49. The lowest BCUT2D eigenvalue weighted by atomic mass is 10.1. The molecule has 1 heterocycles. The molecule has 0 aliphatic carbocycles. The number of carboxylic acids is 1. The third kappa shape index (κ3) is 4.65. The van der Waals surface area contributed by atoms with Crippen molar-refractivity contribution in [3.8, 4) is 0 Å². The fourth-order valence-electron chi connectivity index (χ4n) is 2.00. The van der Waals surface area contributed by atoms with Gasteiger partial charge in [-0.3, -0.25) is 10.1 Å². The van der Waals surface area contributed by atoms with Crippen LogP contribution in [0.5, 0.6) is 0 Å². The van der Waals surface area contributed by atoms with Crippen molar-refractivity contribution in [2.75, 3.05) is 26.7 Å². The lowest BCUT2D eigenvalue weighted by Gasteiger charge is -2.12. The van der Waals surface area contributed by atoms with E-state index in [1.807, 2.05) is 7.05 Å². The van der Waals surface area contributed by atoms with E-state index in [2.05, 4.69) is 15.5 Å². The molecule has 1 atom stereocenters. The van der Waals surface area contributed by atoms with Gasteiger partial charge < -0.3 is 15.3 Å². The van der Waals surface area contributed by atoms with E-state index in [4.69, 9.17) is 5.11 Å². The number of nitrogens with zero attached hydrogens (tertiary/aromatic N) is 1. The van der Waals surface area contributed by atoms with Crippen LogP contribution in [0.25, 0.3) is 0 Å². The highest BCUT2D eigenvalue weighted by atomic mass is 16.4. The van der Waals surface area contributed by atoms with Gasteiger partial charge in [-0.2, -0.15) is 0 Å². The van der Waals surface area contributed by atoms with Crippen LogP contribution in [0.1, 0.15) is 20.3 Å². The second-order valence-electron chi connectivity index (χ2n) is 5.14. The summed E-state index contributed by atoms with van der Waals surface area (Å²) >= 11 is 0. The topological polar surface area (TPSA) is 98.7 Å². The Morgan fingerprint density at radius 2 is 1.90 bits per heavy atom. The number of imide groups is 1. The zero-order valence-electron chi connectivity index (χ0n) is 12.0. The fourth-order valence-corrected chi connectivity index (χ4v) is 2.00. The zero-order chi connectivity index (χ0) is 15.3. The SMILES string of the molecule is CC(C(=O)O)=C(C)C(=O)NC(=O)NCC1CCN(C)C1. The van der Waals surface area contributed by atoms with Crippen LogP contribution in [-0.2, 0) is 9.59 Å². The van der Waals surface area contributed by atoms with Gasteiger partial charge in [0.25, 0.3) is 5.91 Å². The van der Waals surface area contributed by atoms with Gasteiger partial charge >= 0.3 is 12.0 Å². The normalized spacial score (nSPS) is 20.2. The molecule has 0 saturated carbocycles. The summed E-state index contributed by atoms with van der Waals surface area (Å²) in [6.45, 7) is 5.13. The molecule has 1 rings (SSSR count). The largest absolute Gasteiger partial charge is 0.478 e. The first-order valence-corrected chi connectivity index (χ1v) is 6.49. The standard InChI is InChI=1S/C13H21N3O4/c1-8(9(2)12(18)19)11(17)15-13(20)14-6-10-4-5-16(3)7-10/h10H,4-7H2,1-3H3,(H,18,19)(H2,14,15,17,20). The van der Waals surface area contributed by atoms with Crippen molar-refractivity contribution in [3.05, 3.63) is 11.1 Å². The number of hydrogen-bond donors (Lipinski definition) is 3. The van der Waals surface area contributed by atoms with Crippen molar-refractivity contribution in [3.63, 3.8) is 0 Å². The number of urea groups is 1. The Morgan fingerprint density at radius 3 is 2.40 bits per heavy atom. The summed E-state index contributed by atoms with van der Waals surface area (Å²) < 4.78 is 0. The number of nitrogens with one attached hydrogen (secondary N) is 2. The molecule has 112 valence electrons. The molecule has 0 aromatic carbocycles. The van der Waals surface area contributed by atoms with Gasteiger partial charge in [0.1, 0.15) is 0 Å². The van der Waals surface area contributed by atoms with E-state index < -0.39 is 17.9 Å². The highest BCUT2D eigenvalue weighted by molar-refractivity contribution is 6.07. The van der Waals surface area contributed by atoms with Crippen LogP contribution in [0.15, 0.2) is 11.1 Å². The monoisotopic (exact) mass is 283 g/mol. The minimum Gasteiger partial charge on any atom is -0.478 e. The van der Waals surface area contributed by atoms with Crippen LogP contribution >= 0.6 is 0 Å². The van der Waals surface area contributed by atoms with Gasteiger partial charge in [-0.05, 0) is 39.8 Å². The van der Waals surface area contributed by atoms with Crippen molar-refractivity contribution in [1.82, 2.24) is 15.5 Å². The first-order chi connectivity index (χ1) is 9.31. The Labute approximate surface area is 118 Å². The van der Waals surface area contributed by atoms with Crippen LogP contribution in [0.2, 0.25) is 0 Å². The predicted molar refractivity (Wildman–Crippen MR) is 73.2 cm³/mol. The molecule has 1 unspecified atom stereocenters. The van der Waals surface area contributed by atoms with Gasteiger partial charge in [0.15, 0.2) is 0 Å². The van der Waals surface area contributed by atoms with Crippen LogP contribution in [0.4, 0.5) is 4.79 Å². The lowest BCUT2D eigenvalue weighted by Crippen LogP contribution is -2.42. The van der Waals surface area contributed by atoms with E-state index in [9.17, 15) is 14.4 Å². The number of carboxylic acid groups (broad SMARTS) is 1. The maximum absolute atomic E-state index is 11.6. The number of likely N-dealkylation sites (tertiary alicyclic amines) is 1. The molecule has 1 fully saturated rings. The van der Waals surface area contributed by atoms with Crippen molar-refractivity contribution in [1.29, 1.82) is 0 Å². The summed E-state index contributed by atoms with van der Waals surface area (Å²) in [5.74, 6) is -1.48. The average molecular weight is 283 g/mol. The van der Waals surface area contributed by atoms with Gasteiger partial charge in [-0.1, -0.05) is 0 Å². The fraction of sp³-hybridized carbons (Fsp3) is 0.615. The molecule has 7 nitrogen and oxygen atoms in total. The second kappa shape index (κ2) is 7.04. The Kier molecular flexibility index (Phi) is 5.69. The Balaban J connectivity index is 2.40. The molecule has 20 heavy (non-hydrogen) atoms. The van der Waals surface area contributed by atoms with E-state index in [0.717, 1.165) is 19.5 Å². The molecule has 1 aliphatic rings. The highest BCUT2D eigenvalue weighted by Crippen LogP contribution is 2.12. The van der Waals surface area contributed by atoms with Crippen LogP contribution < -0.4 is 10.6 Å². The second-order valence-corrected chi connectivity index (χ2v) is 5.14. The van der Waals surface area contributed by atoms with Crippen LogP contribution in [0.3, 0.4) is 0 Å². The van der Waals surface area contributed by atoms with Crippen LogP contribution in [-0.4, -0.2) is 54.6 Å². The number of carbonyl (C=O) groups excluding carboxylic acids is 2. The van der Waals surface area contributed by atoms with Gasteiger partial charge in [0, 0.05) is 24.2 Å². The molecule has 0 radical (unpaired) electrons. The number of hydrogen-bond acceptors (Lipinski definition) is 4. The molecule has 0 spiro atoms. The van der Waals surface area contributed by atoms with Gasteiger partial charge in [-0.15, -0.1) is 0 Å². The first-order valence-electron chi connectivity index (χ1n) is 6.49. The summed E-state index contributed by atoms with van der Waals surface area (Å²) in [7, 11) is 2.02. The highest BCUT2D eigenvalue weighted by Gasteiger charge is 2.20. The van der Waals surface area contributed by atoms with E-state index in [-0.39, 0.29) is 11.1 Å². The summed E-state index contributed by atoms with van der Waals surface area (Å²) in [6, 6.07) is -0.595. The lowest BCUT2D eigenvalue weighted by molar-refractivity contribution is -0.133. The van der Waals surface area contributed by atoms with E-state index in [1.165, 1.54) is 13.8 Å². The third-order valence-electron chi connectivity index (χ3n) is 3.49. The Hall–Kier alpha value is -1.89. The van der Waals surface area contributed by atoms with Gasteiger partial charge in [0.2, 0.25) is 0 Å². The van der Waals surface area contributed by atoms with Gasteiger partial charge in [-0.25, -0.2) is 9.59 Å². The summed E-state index contributed by atoms with van der Waals surface area (Å²) in [6.07, 6.45) is 1.02. The zero-order valence-corrected chi connectivity index (χ0v) is 12.0. The number of aliphatic carboxylic acids is 1. The molecule has 1 aliphatic heterocycles.